The Labute approximate surface area is 87.2 Å². The minimum atomic E-state index is -0.267. The number of nitrogens with two attached hydrogens (primary N) is 1. The number of aromatic nitrogens is 2. The summed E-state index contributed by atoms with van der Waals surface area (Å²) in [6.45, 7) is 2.22. The third kappa shape index (κ3) is 1.89. The molecule has 0 bridgehead atoms. The monoisotopic (exact) mass is 205 g/mol. The summed E-state index contributed by atoms with van der Waals surface area (Å²) in [4.78, 5) is 7.34. The molecule has 0 spiro atoms. The van der Waals surface area contributed by atoms with E-state index in [1.54, 1.807) is 6.07 Å². The molecule has 0 aliphatic heterocycles. The molecule has 0 fully saturated rings. The maximum Gasteiger partial charge on any atom is 0.123 e. The summed E-state index contributed by atoms with van der Waals surface area (Å²) in [5, 5.41) is 0. The van der Waals surface area contributed by atoms with Gasteiger partial charge < -0.3 is 10.7 Å². The van der Waals surface area contributed by atoms with Gasteiger partial charge in [-0.25, -0.2) is 9.37 Å². The van der Waals surface area contributed by atoms with Gasteiger partial charge in [-0.2, -0.15) is 0 Å². The molecule has 0 amide bonds. The van der Waals surface area contributed by atoms with E-state index < -0.39 is 0 Å². The highest BCUT2D eigenvalue weighted by atomic mass is 19.1. The second kappa shape index (κ2) is 3.82. The van der Waals surface area contributed by atoms with Gasteiger partial charge in [-0.15, -0.1) is 0 Å². The van der Waals surface area contributed by atoms with Crippen LogP contribution in [-0.4, -0.2) is 9.97 Å². The van der Waals surface area contributed by atoms with Crippen LogP contribution in [0.15, 0.2) is 24.3 Å². The molecule has 4 heteroatoms. The van der Waals surface area contributed by atoms with Crippen molar-refractivity contribution in [2.45, 2.75) is 13.5 Å². The van der Waals surface area contributed by atoms with E-state index in [9.17, 15) is 4.39 Å². The lowest BCUT2D eigenvalue weighted by atomic mass is 10.1. The predicted molar refractivity (Wildman–Crippen MR) is 56.6 cm³/mol. The normalized spacial score (nSPS) is 10.6. The molecule has 2 aromatic rings. The van der Waals surface area contributed by atoms with Crippen LogP contribution in [-0.2, 0) is 6.54 Å². The second-order valence-electron chi connectivity index (χ2n) is 3.36. The lowest BCUT2D eigenvalue weighted by molar-refractivity contribution is 0.628. The standard InChI is InChI=1S/C11H12FN3/c1-7-14-10(6-13)11(15-7)8-3-2-4-9(12)5-8/h2-5H,6,13H2,1H3,(H,14,15). The zero-order valence-corrected chi connectivity index (χ0v) is 8.42. The van der Waals surface area contributed by atoms with Crippen LogP contribution in [0.1, 0.15) is 11.5 Å². The van der Waals surface area contributed by atoms with Gasteiger partial charge in [0.15, 0.2) is 0 Å². The van der Waals surface area contributed by atoms with Crippen molar-refractivity contribution in [3.05, 3.63) is 41.6 Å². The average molecular weight is 205 g/mol. The highest BCUT2D eigenvalue weighted by molar-refractivity contribution is 5.62. The lowest BCUT2D eigenvalue weighted by Gasteiger charge is -1.99. The van der Waals surface area contributed by atoms with Crippen molar-refractivity contribution in [2.24, 2.45) is 5.73 Å². The summed E-state index contributed by atoms with van der Waals surface area (Å²) in [6.07, 6.45) is 0. The molecule has 0 aliphatic carbocycles. The van der Waals surface area contributed by atoms with Gasteiger partial charge in [-0.3, -0.25) is 0 Å². The highest BCUT2D eigenvalue weighted by Crippen LogP contribution is 2.21. The summed E-state index contributed by atoms with van der Waals surface area (Å²) in [7, 11) is 0. The summed E-state index contributed by atoms with van der Waals surface area (Å²) in [5.41, 5.74) is 7.89. The molecular formula is C11H12FN3. The van der Waals surface area contributed by atoms with Crippen molar-refractivity contribution in [2.75, 3.05) is 0 Å². The molecular weight excluding hydrogens is 193 g/mol. The minimum Gasteiger partial charge on any atom is -0.345 e. The van der Waals surface area contributed by atoms with E-state index in [4.69, 9.17) is 5.73 Å². The topological polar surface area (TPSA) is 54.7 Å². The van der Waals surface area contributed by atoms with Crippen LogP contribution in [0.25, 0.3) is 11.3 Å². The first-order valence-corrected chi connectivity index (χ1v) is 4.72. The molecule has 3 N–H and O–H groups in total. The fourth-order valence-corrected chi connectivity index (χ4v) is 1.56. The Bertz CT molecular complexity index is 476. The van der Waals surface area contributed by atoms with Crippen LogP contribution in [0.3, 0.4) is 0 Å². The molecule has 0 saturated carbocycles. The molecule has 0 aliphatic rings. The highest BCUT2D eigenvalue weighted by Gasteiger charge is 2.09. The van der Waals surface area contributed by atoms with Crippen LogP contribution >= 0.6 is 0 Å². The average Bonchev–Trinajstić information content (AvgIpc) is 2.59. The summed E-state index contributed by atoms with van der Waals surface area (Å²) >= 11 is 0. The number of halogens is 1. The second-order valence-corrected chi connectivity index (χ2v) is 3.36. The van der Waals surface area contributed by atoms with Gasteiger partial charge >= 0.3 is 0 Å². The molecule has 1 aromatic heterocycles. The van der Waals surface area contributed by atoms with E-state index in [1.165, 1.54) is 12.1 Å². The van der Waals surface area contributed by atoms with Crippen molar-refractivity contribution in [1.29, 1.82) is 0 Å². The number of H-pyrrole nitrogens is 1. The Morgan fingerprint density at radius 3 is 2.93 bits per heavy atom. The number of rotatable bonds is 2. The molecule has 78 valence electrons. The molecule has 1 heterocycles. The van der Waals surface area contributed by atoms with Crippen molar-refractivity contribution in [3.8, 4) is 11.3 Å². The molecule has 0 radical (unpaired) electrons. The van der Waals surface area contributed by atoms with E-state index in [0.29, 0.717) is 6.54 Å². The SMILES string of the molecule is Cc1nc(-c2cccc(F)c2)c(CN)[nH]1. The van der Waals surface area contributed by atoms with Crippen LogP contribution in [0, 0.1) is 12.7 Å². The number of imidazole rings is 1. The maximum absolute atomic E-state index is 13.0. The molecule has 0 atom stereocenters. The zero-order chi connectivity index (χ0) is 10.8. The summed E-state index contributed by atoms with van der Waals surface area (Å²) < 4.78 is 13.0. The number of benzene rings is 1. The molecule has 1 aromatic carbocycles. The van der Waals surface area contributed by atoms with Crippen LogP contribution in [0.4, 0.5) is 4.39 Å². The third-order valence-corrected chi connectivity index (χ3v) is 2.20. The first-order valence-electron chi connectivity index (χ1n) is 4.72. The van der Waals surface area contributed by atoms with Gasteiger partial charge in [0.2, 0.25) is 0 Å². The minimum absolute atomic E-state index is 0.267. The lowest BCUT2D eigenvalue weighted by Crippen LogP contribution is -1.98. The Kier molecular flexibility index (Phi) is 2.51. The van der Waals surface area contributed by atoms with Gasteiger partial charge in [0, 0.05) is 12.1 Å². The Balaban J connectivity index is 2.53. The first-order chi connectivity index (χ1) is 7.20. The van der Waals surface area contributed by atoms with E-state index in [-0.39, 0.29) is 5.82 Å². The molecule has 15 heavy (non-hydrogen) atoms. The van der Waals surface area contributed by atoms with E-state index in [0.717, 1.165) is 22.8 Å². The number of hydrogen-bond donors (Lipinski definition) is 2. The van der Waals surface area contributed by atoms with Crippen LogP contribution in [0.5, 0.6) is 0 Å². The maximum atomic E-state index is 13.0. The quantitative estimate of drug-likeness (QED) is 0.787. The number of nitrogens with zero attached hydrogens (tertiary/aromatic N) is 1. The predicted octanol–water partition coefficient (Wildman–Crippen LogP) is 1.98. The fraction of sp³-hybridized carbons (Fsp3) is 0.182. The largest absolute Gasteiger partial charge is 0.345 e. The van der Waals surface area contributed by atoms with Crippen molar-refractivity contribution in [3.63, 3.8) is 0 Å². The number of aromatic amines is 1. The molecule has 3 nitrogen and oxygen atoms in total. The van der Waals surface area contributed by atoms with Crippen molar-refractivity contribution < 1.29 is 4.39 Å². The number of aryl methyl sites for hydroxylation is 1. The van der Waals surface area contributed by atoms with Gasteiger partial charge in [0.25, 0.3) is 0 Å². The van der Waals surface area contributed by atoms with Crippen LogP contribution in [0.2, 0.25) is 0 Å². The summed E-state index contributed by atoms with van der Waals surface area (Å²) in [5.74, 6) is 0.519. The molecule has 0 unspecified atom stereocenters. The Hall–Kier alpha value is -1.68. The van der Waals surface area contributed by atoms with Gasteiger partial charge in [-0.1, -0.05) is 12.1 Å². The van der Waals surface area contributed by atoms with Crippen molar-refractivity contribution in [1.82, 2.24) is 9.97 Å². The van der Waals surface area contributed by atoms with E-state index in [1.807, 2.05) is 13.0 Å². The third-order valence-electron chi connectivity index (χ3n) is 2.20. The molecule has 2 rings (SSSR count). The Morgan fingerprint density at radius 2 is 2.27 bits per heavy atom. The number of hydrogen-bond acceptors (Lipinski definition) is 2. The smallest absolute Gasteiger partial charge is 0.123 e. The van der Waals surface area contributed by atoms with Gasteiger partial charge in [0.05, 0.1) is 11.4 Å². The van der Waals surface area contributed by atoms with Crippen LogP contribution < -0.4 is 5.73 Å². The van der Waals surface area contributed by atoms with Crippen molar-refractivity contribution >= 4 is 0 Å². The zero-order valence-electron chi connectivity index (χ0n) is 8.42. The van der Waals surface area contributed by atoms with E-state index in [2.05, 4.69) is 9.97 Å². The molecule has 0 saturated heterocycles. The fourth-order valence-electron chi connectivity index (χ4n) is 1.56. The van der Waals surface area contributed by atoms with Gasteiger partial charge in [0.1, 0.15) is 11.6 Å². The summed E-state index contributed by atoms with van der Waals surface area (Å²) in [6, 6.07) is 6.34. The van der Waals surface area contributed by atoms with E-state index >= 15 is 0 Å². The number of nitrogens with one attached hydrogen (secondary N) is 1. The van der Waals surface area contributed by atoms with Gasteiger partial charge in [-0.05, 0) is 19.1 Å². The Morgan fingerprint density at radius 1 is 1.47 bits per heavy atom. The first kappa shape index (κ1) is 9.86.